The Labute approximate surface area is 156 Å². The Morgan fingerprint density at radius 2 is 1.85 bits per heavy atom. The molecular formula is C21H20N2O4. The highest BCUT2D eigenvalue weighted by atomic mass is 16.6. The van der Waals surface area contributed by atoms with Crippen molar-refractivity contribution in [1.29, 1.82) is 0 Å². The predicted molar refractivity (Wildman–Crippen MR) is 104 cm³/mol. The number of ether oxygens (including phenoxy) is 1. The molecule has 27 heavy (non-hydrogen) atoms. The van der Waals surface area contributed by atoms with Gasteiger partial charge in [-0.2, -0.15) is 0 Å². The van der Waals surface area contributed by atoms with Crippen molar-refractivity contribution in [2.45, 2.75) is 19.9 Å². The first-order chi connectivity index (χ1) is 12.9. The maximum Gasteiger partial charge on any atom is 0.311 e. The maximum atomic E-state index is 12.2. The second kappa shape index (κ2) is 7.86. The van der Waals surface area contributed by atoms with E-state index in [-0.39, 0.29) is 30.0 Å². The van der Waals surface area contributed by atoms with Gasteiger partial charge in [-0.3, -0.25) is 14.9 Å². The van der Waals surface area contributed by atoms with Crippen molar-refractivity contribution in [3.8, 4) is 5.75 Å². The SMILES string of the molecule is Cc1ccc(OCC(=O)NC(C)c2ccc3ccccc3c2)c([N+](=O)[O-])c1. The molecular weight excluding hydrogens is 344 g/mol. The third-order valence-electron chi connectivity index (χ3n) is 4.32. The van der Waals surface area contributed by atoms with Crippen LogP contribution in [0.25, 0.3) is 10.8 Å². The fourth-order valence-electron chi connectivity index (χ4n) is 2.88. The molecule has 1 atom stereocenters. The van der Waals surface area contributed by atoms with Crippen LogP contribution in [0.1, 0.15) is 24.1 Å². The number of amides is 1. The van der Waals surface area contributed by atoms with Crippen molar-refractivity contribution < 1.29 is 14.5 Å². The lowest BCUT2D eigenvalue weighted by Crippen LogP contribution is -2.31. The molecule has 0 aliphatic carbocycles. The van der Waals surface area contributed by atoms with Gasteiger partial charge in [0.1, 0.15) is 0 Å². The van der Waals surface area contributed by atoms with E-state index in [0.29, 0.717) is 0 Å². The van der Waals surface area contributed by atoms with E-state index in [0.717, 1.165) is 21.9 Å². The van der Waals surface area contributed by atoms with E-state index >= 15 is 0 Å². The van der Waals surface area contributed by atoms with Crippen LogP contribution in [0, 0.1) is 17.0 Å². The second-order valence-corrected chi connectivity index (χ2v) is 6.41. The zero-order valence-electron chi connectivity index (χ0n) is 15.1. The highest BCUT2D eigenvalue weighted by molar-refractivity contribution is 5.83. The summed E-state index contributed by atoms with van der Waals surface area (Å²) in [6, 6.07) is 18.4. The van der Waals surface area contributed by atoms with Crippen LogP contribution >= 0.6 is 0 Å². The Hall–Kier alpha value is -3.41. The van der Waals surface area contributed by atoms with Crippen LogP contribution in [0.3, 0.4) is 0 Å². The van der Waals surface area contributed by atoms with Crippen molar-refractivity contribution in [2.24, 2.45) is 0 Å². The average Bonchev–Trinajstić information content (AvgIpc) is 2.66. The van der Waals surface area contributed by atoms with Crippen LogP contribution in [-0.2, 0) is 4.79 Å². The highest BCUT2D eigenvalue weighted by Crippen LogP contribution is 2.27. The van der Waals surface area contributed by atoms with Crippen molar-refractivity contribution in [2.75, 3.05) is 6.61 Å². The van der Waals surface area contributed by atoms with Crippen LogP contribution in [0.4, 0.5) is 5.69 Å². The summed E-state index contributed by atoms with van der Waals surface area (Å²) in [7, 11) is 0. The van der Waals surface area contributed by atoms with Gasteiger partial charge in [-0.05, 0) is 47.9 Å². The maximum absolute atomic E-state index is 12.2. The Balaban J connectivity index is 1.64. The molecule has 0 aromatic heterocycles. The molecule has 0 aliphatic rings. The van der Waals surface area contributed by atoms with Gasteiger partial charge in [-0.1, -0.05) is 42.5 Å². The Morgan fingerprint density at radius 3 is 2.59 bits per heavy atom. The van der Waals surface area contributed by atoms with Crippen LogP contribution < -0.4 is 10.1 Å². The van der Waals surface area contributed by atoms with Crippen LogP contribution in [0.15, 0.2) is 60.7 Å². The lowest BCUT2D eigenvalue weighted by molar-refractivity contribution is -0.385. The second-order valence-electron chi connectivity index (χ2n) is 6.41. The van der Waals surface area contributed by atoms with Crippen molar-refractivity contribution >= 4 is 22.4 Å². The summed E-state index contributed by atoms with van der Waals surface area (Å²) < 4.78 is 5.37. The van der Waals surface area contributed by atoms with E-state index < -0.39 is 4.92 Å². The fourth-order valence-corrected chi connectivity index (χ4v) is 2.88. The van der Waals surface area contributed by atoms with Gasteiger partial charge in [0, 0.05) is 6.07 Å². The molecule has 0 heterocycles. The van der Waals surface area contributed by atoms with Gasteiger partial charge in [-0.25, -0.2) is 0 Å². The molecule has 138 valence electrons. The average molecular weight is 364 g/mol. The van der Waals surface area contributed by atoms with Gasteiger partial charge in [0.25, 0.3) is 5.91 Å². The van der Waals surface area contributed by atoms with E-state index in [2.05, 4.69) is 5.32 Å². The first kappa shape index (κ1) is 18.4. The normalized spacial score (nSPS) is 11.8. The van der Waals surface area contributed by atoms with Gasteiger partial charge in [0.05, 0.1) is 11.0 Å². The topological polar surface area (TPSA) is 81.5 Å². The Kier molecular flexibility index (Phi) is 5.35. The zero-order chi connectivity index (χ0) is 19.4. The standard InChI is InChI=1S/C21H20N2O4/c1-14-7-10-20(19(11-14)23(25)26)27-13-21(24)22-15(2)17-9-8-16-5-3-4-6-18(16)12-17/h3-12,15H,13H2,1-2H3,(H,22,24). The molecule has 0 radical (unpaired) electrons. The molecule has 6 nitrogen and oxygen atoms in total. The molecule has 3 aromatic rings. The first-order valence-electron chi connectivity index (χ1n) is 8.60. The lowest BCUT2D eigenvalue weighted by atomic mass is 10.0. The van der Waals surface area contributed by atoms with Crippen molar-refractivity contribution in [3.63, 3.8) is 0 Å². The number of nitrogens with one attached hydrogen (secondary N) is 1. The molecule has 3 rings (SSSR count). The van der Waals surface area contributed by atoms with Crippen LogP contribution in [-0.4, -0.2) is 17.4 Å². The van der Waals surface area contributed by atoms with E-state index in [1.54, 1.807) is 13.0 Å². The number of hydrogen-bond donors (Lipinski definition) is 1. The molecule has 0 aliphatic heterocycles. The van der Waals surface area contributed by atoms with E-state index in [1.807, 2.05) is 49.4 Å². The van der Waals surface area contributed by atoms with E-state index in [1.165, 1.54) is 12.1 Å². The van der Waals surface area contributed by atoms with Crippen molar-refractivity contribution in [1.82, 2.24) is 5.32 Å². The first-order valence-corrected chi connectivity index (χ1v) is 8.60. The fraction of sp³-hybridized carbons (Fsp3) is 0.190. The monoisotopic (exact) mass is 364 g/mol. The van der Waals surface area contributed by atoms with E-state index in [9.17, 15) is 14.9 Å². The minimum Gasteiger partial charge on any atom is -0.477 e. The smallest absolute Gasteiger partial charge is 0.311 e. The number of aryl methyl sites for hydroxylation is 1. The zero-order valence-corrected chi connectivity index (χ0v) is 15.1. The Bertz CT molecular complexity index is 1000. The number of carbonyl (C=O) groups is 1. The molecule has 1 N–H and O–H groups in total. The summed E-state index contributed by atoms with van der Waals surface area (Å²) in [5, 5.41) is 16.2. The van der Waals surface area contributed by atoms with Crippen LogP contribution in [0.2, 0.25) is 0 Å². The van der Waals surface area contributed by atoms with Gasteiger partial charge in [0.2, 0.25) is 0 Å². The summed E-state index contributed by atoms with van der Waals surface area (Å²) in [4.78, 5) is 22.8. The van der Waals surface area contributed by atoms with Gasteiger partial charge in [-0.15, -0.1) is 0 Å². The van der Waals surface area contributed by atoms with Gasteiger partial charge < -0.3 is 10.1 Å². The molecule has 0 bridgehead atoms. The minimum absolute atomic E-state index is 0.0825. The number of fused-ring (bicyclic) bond motifs is 1. The summed E-state index contributed by atoms with van der Waals surface area (Å²) in [6.45, 7) is 3.35. The third-order valence-corrected chi connectivity index (χ3v) is 4.32. The number of carbonyl (C=O) groups excluding carboxylic acids is 1. The summed E-state index contributed by atoms with van der Waals surface area (Å²) in [5.41, 5.74) is 1.58. The largest absolute Gasteiger partial charge is 0.477 e. The molecule has 6 heteroatoms. The Morgan fingerprint density at radius 1 is 1.11 bits per heavy atom. The molecule has 0 fully saturated rings. The molecule has 0 saturated heterocycles. The highest BCUT2D eigenvalue weighted by Gasteiger charge is 2.17. The van der Waals surface area contributed by atoms with E-state index in [4.69, 9.17) is 4.74 Å². The summed E-state index contributed by atoms with van der Waals surface area (Å²) >= 11 is 0. The van der Waals surface area contributed by atoms with Crippen LogP contribution in [0.5, 0.6) is 5.75 Å². The molecule has 0 spiro atoms. The molecule has 0 saturated carbocycles. The summed E-state index contributed by atoms with van der Waals surface area (Å²) in [6.07, 6.45) is 0. The minimum atomic E-state index is -0.516. The molecule has 3 aromatic carbocycles. The number of nitrogens with zero attached hydrogens (tertiary/aromatic N) is 1. The predicted octanol–water partition coefficient (Wildman–Crippen LogP) is 4.31. The lowest BCUT2D eigenvalue weighted by Gasteiger charge is -2.15. The number of hydrogen-bond acceptors (Lipinski definition) is 4. The molecule has 1 unspecified atom stereocenters. The van der Waals surface area contributed by atoms with Crippen molar-refractivity contribution in [3.05, 3.63) is 81.9 Å². The van der Waals surface area contributed by atoms with Gasteiger partial charge >= 0.3 is 5.69 Å². The van der Waals surface area contributed by atoms with Gasteiger partial charge in [0.15, 0.2) is 12.4 Å². The third kappa shape index (κ3) is 4.41. The number of rotatable bonds is 6. The molecule has 1 amide bonds. The number of nitro benzene ring substituents is 1. The number of benzene rings is 3. The summed E-state index contributed by atoms with van der Waals surface area (Å²) in [5.74, 6) is -0.260. The quantitative estimate of drug-likeness (QED) is 0.522. The number of nitro groups is 1.